The molecule has 0 aromatic heterocycles. The Balaban J connectivity index is 3.01. The van der Waals surface area contributed by atoms with E-state index in [4.69, 9.17) is 0 Å². The fourth-order valence-corrected chi connectivity index (χ4v) is 0.925. The first-order valence-electron chi connectivity index (χ1n) is 4.42. The van der Waals surface area contributed by atoms with Crippen molar-refractivity contribution in [2.24, 2.45) is 0 Å². The van der Waals surface area contributed by atoms with Crippen LogP contribution in [0.3, 0.4) is 0 Å². The van der Waals surface area contributed by atoms with Crippen LogP contribution < -0.4 is 0 Å². The molecule has 0 atom stereocenters. The Bertz CT molecular complexity index is 153. The van der Waals surface area contributed by atoms with Gasteiger partial charge in [-0.25, -0.2) is 4.79 Å². The van der Waals surface area contributed by atoms with Crippen LogP contribution in [0.2, 0.25) is 0 Å². The van der Waals surface area contributed by atoms with E-state index in [2.05, 4.69) is 23.7 Å². The van der Waals surface area contributed by atoms with Gasteiger partial charge in [-0.1, -0.05) is 38.5 Å². The van der Waals surface area contributed by atoms with E-state index in [1.807, 2.05) is 0 Å². The van der Waals surface area contributed by atoms with Crippen molar-refractivity contribution in [2.75, 3.05) is 0 Å². The highest BCUT2D eigenvalue weighted by molar-refractivity contribution is 5.40. The molecule has 2 nitrogen and oxygen atoms in total. The van der Waals surface area contributed by atoms with Crippen molar-refractivity contribution in [3.63, 3.8) is 0 Å². The Kier molecular flexibility index (Phi) is 9.22. The fourth-order valence-electron chi connectivity index (χ4n) is 0.925. The third-order valence-corrected chi connectivity index (χ3v) is 1.57. The van der Waals surface area contributed by atoms with E-state index < -0.39 is 0 Å². The Morgan fingerprint density at radius 2 is 1.92 bits per heavy atom. The van der Waals surface area contributed by atoms with Crippen molar-refractivity contribution in [2.45, 2.75) is 45.4 Å². The molecule has 0 N–H and O–H groups in total. The summed E-state index contributed by atoms with van der Waals surface area (Å²) >= 11 is 0. The predicted octanol–water partition coefficient (Wildman–Crippen LogP) is 2.39. The van der Waals surface area contributed by atoms with Gasteiger partial charge in [-0.15, -0.1) is 0 Å². The molecular formula is C10H15O2. The van der Waals surface area contributed by atoms with E-state index in [9.17, 15) is 4.79 Å². The Morgan fingerprint density at radius 3 is 2.58 bits per heavy atom. The molecule has 1 radical (unpaired) electrons. The summed E-state index contributed by atoms with van der Waals surface area (Å²) in [6.07, 6.45) is 9.20. The van der Waals surface area contributed by atoms with Crippen LogP contribution in [0.15, 0.2) is 0 Å². The van der Waals surface area contributed by atoms with Crippen LogP contribution >= 0.6 is 0 Å². The molecule has 0 rings (SSSR count). The van der Waals surface area contributed by atoms with E-state index >= 15 is 0 Å². The normalized spacial score (nSPS) is 8.42. The van der Waals surface area contributed by atoms with Gasteiger partial charge in [0.1, 0.15) is 6.11 Å². The van der Waals surface area contributed by atoms with Crippen molar-refractivity contribution in [3.8, 4) is 12.0 Å². The van der Waals surface area contributed by atoms with Crippen molar-refractivity contribution in [1.29, 1.82) is 0 Å². The topological polar surface area (TPSA) is 26.3 Å². The minimum atomic E-state index is 0.811. The summed E-state index contributed by atoms with van der Waals surface area (Å²) in [5, 5.41) is 0. The molecule has 0 aliphatic carbocycles. The van der Waals surface area contributed by atoms with E-state index in [-0.39, 0.29) is 0 Å². The lowest BCUT2D eigenvalue weighted by molar-refractivity contribution is 0.420. The zero-order valence-corrected chi connectivity index (χ0v) is 7.56. The van der Waals surface area contributed by atoms with Crippen molar-refractivity contribution in [3.05, 3.63) is 0 Å². The van der Waals surface area contributed by atoms with Crippen LogP contribution in [0.25, 0.3) is 0 Å². The van der Waals surface area contributed by atoms with Crippen LogP contribution in [-0.4, -0.2) is 6.47 Å². The van der Waals surface area contributed by atoms with E-state index in [1.165, 1.54) is 32.2 Å². The highest BCUT2D eigenvalue weighted by Crippen LogP contribution is 2.03. The number of carbonyl (C=O) groups excluding carboxylic acids is 1. The second kappa shape index (κ2) is 10.0. The molecular weight excluding hydrogens is 152 g/mol. The first-order valence-corrected chi connectivity index (χ1v) is 4.42. The monoisotopic (exact) mass is 167 g/mol. The van der Waals surface area contributed by atoms with Crippen LogP contribution in [-0.2, 0) is 9.53 Å². The second-order valence-electron chi connectivity index (χ2n) is 2.63. The summed E-state index contributed by atoms with van der Waals surface area (Å²) < 4.78 is 4.09. The van der Waals surface area contributed by atoms with Gasteiger partial charge in [-0.2, -0.15) is 0 Å². The molecule has 0 aromatic rings. The summed E-state index contributed by atoms with van der Waals surface area (Å²) in [5.74, 6) is 2.73. The lowest BCUT2D eigenvalue weighted by Crippen LogP contribution is -1.77. The minimum Gasteiger partial charge on any atom is -0.364 e. The lowest BCUT2D eigenvalue weighted by Gasteiger charge is -1.93. The molecule has 0 aliphatic heterocycles. The number of ether oxygens (including phenoxy) is 1. The quantitative estimate of drug-likeness (QED) is 0.448. The third-order valence-electron chi connectivity index (χ3n) is 1.57. The highest BCUT2D eigenvalue weighted by atomic mass is 16.5. The average Bonchev–Trinajstić information content (AvgIpc) is 2.10. The maximum atomic E-state index is 9.53. The molecule has 12 heavy (non-hydrogen) atoms. The van der Waals surface area contributed by atoms with Crippen LogP contribution in [0.5, 0.6) is 0 Å². The van der Waals surface area contributed by atoms with Gasteiger partial charge < -0.3 is 4.74 Å². The maximum Gasteiger partial charge on any atom is 0.432 e. The lowest BCUT2D eigenvalue weighted by atomic mass is 10.1. The van der Waals surface area contributed by atoms with Crippen molar-refractivity contribution in [1.82, 2.24) is 0 Å². The summed E-state index contributed by atoms with van der Waals surface area (Å²) in [7, 11) is 0. The average molecular weight is 167 g/mol. The van der Waals surface area contributed by atoms with Crippen molar-refractivity contribution >= 4 is 6.47 Å². The van der Waals surface area contributed by atoms with Crippen molar-refractivity contribution < 1.29 is 9.53 Å². The van der Waals surface area contributed by atoms with E-state index in [1.54, 1.807) is 0 Å². The van der Waals surface area contributed by atoms with Gasteiger partial charge in [0.15, 0.2) is 0 Å². The minimum absolute atomic E-state index is 0.811. The summed E-state index contributed by atoms with van der Waals surface area (Å²) in [4.78, 5) is 9.53. The van der Waals surface area contributed by atoms with Gasteiger partial charge in [0, 0.05) is 6.42 Å². The first kappa shape index (κ1) is 11.0. The molecule has 0 fully saturated rings. The summed E-state index contributed by atoms with van der Waals surface area (Å²) in [5.41, 5.74) is 0. The molecule has 67 valence electrons. The number of hydrogen-bond acceptors (Lipinski definition) is 2. The zero-order valence-electron chi connectivity index (χ0n) is 7.56. The Hall–Kier alpha value is -0.970. The molecule has 0 saturated heterocycles. The maximum absolute atomic E-state index is 9.53. The number of unbranched alkanes of at least 4 members (excludes halogenated alkanes) is 5. The highest BCUT2D eigenvalue weighted by Gasteiger charge is 1.85. The molecule has 0 amide bonds. The number of hydrogen-bond donors (Lipinski definition) is 0. The van der Waals surface area contributed by atoms with Gasteiger partial charge >= 0.3 is 6.47 Å². The molecule has 0 bridgehead atoms. The smallest absolute Gasteiger partial charge is 0.364 e. The SMILES string of the molecule is CCCCCCCC#CO[C]=O. The molecule has 0 aromatic carbocycles. The Morgan fingerprint density at radius 1 is 1.17 bits per heavy atom. The molecule has 0 spiro atoms. The fraction of sp³-hybridized carbons (Fsp3) is 0.700. The van der Waals surface area contributed by atoms with E-state index in [0.717, 1.165) is 12.8 Å². The summed E-state index contributed by atoms with van der Waals surface area (Å²) in [6.45, 7) is 3.44. The molecule has 0 heterocycles. The van der Waals surface area contributed by atoms with Gasteiger partial charge in [0.25, 0.3) is 0 Å². The molecule has 2 heteroatoms. The standard InChI is InChI=1S/C10H15O2/c1-2-3-4-5-6-7-8-9-12-10-11/h2-7H2,1H3. The molecule has 0 unspecified atom stereocenters. The zero-order chi connectivity index (χ0) is 9.07. The third kappa shape index (κ3) is 9.03. The molecule has 0 aliphatic rings. The predicted molar refractivity (Wildman–Crippen MR) is 47.9 cm³/mol. The second-order valence-corrected chi connectivity index (χ2v) is 2.63. The molecule has 0 saturated carbocycles. The summed E-state index contributed by atoms with van der Waals surface area (Å²) in [6, 6.07) is 0. The van der Waals surface area contributed by atoms with Gasteiger partial charge in [-0.05, 0) is 6.42 Å². The van der Waals surface area contributed by atoms with Gasteiger partial charge in [0.2, 0.25) is 0 Å². The number of rotatable bonds is 6. The van der Waals surface area contributed by atoms with Crippen LogP contribution in [0, 0.1) is 12.0 Å². The van der Waals surface area contributed by atoms with Crippen LogP contribution in [0.4, 0.5) is 0 Å². The van der Waals surface area contributed by atoms with E-state index in [0.29, 0.717) is 0 Å². The van der Waals surface area contributed by atoms with Gasteiger partial charge in [-0.3, -0.25) is 0 Å². The Labute approximate surface area is 74.3 Å². The first-order chi connectivity index (χ1) is 5.91. The van der Waals surface area contributed by atoms with Crippen LogP contribution in [0.1, 0.15) is 45.4 Å². The van der Waals surface area contributed by atoms with Gasteiger partial charge in [0.05, 0.1) is 0 Å². The largest absolute Gasteiger partial charge is 0.432 e.